The largest absolute Gasteiger partial charge is 0.450 e. The summed E-state index contributed by atoms with van der Waals surface area (Å²) >= 11 is 0. The molecular weight excluding hydrogens is 300 g/mol. The van der Waals surface area contributed by atoms with Gasteiger partial charge in [0, 0.05) is 13.1 Å². The third kappa shape index (κ3) is 2.51. The van der Waals surface area contributed by atoms with Crippen LogP contribution in [0, 0.1) is 0 Å². The van der Waals surface area contributed by atoms with E-state index in [-0.39, 0.29) is 23.9 Å². The molecule has 0 aliphatic carbocycles. The second kappa shape index (κ2) is 5.70. The number of aliphatic imine (C=N–C) groups is 1. The van der Waals surface area contributed by atoms with E-state index in [9.17, 15) is 18.4 Å². The number of nitrogens with one attached hydrogen (secondary N) is 1. The Balaban J connectivity index is 1.97. The fourth-order valence-corrected chi connectivity index (χ4v) is 2.37. The van der Waals surface area contributed by atoms with Crippen molar-refractivity contribution in [3.05, 3.63) is 28.1 Å². The monoisotopic (exact) mass is 313 g/mol. The second-order valence-corrected chi connectivity index (χ2v) is 4.86. The molecule has 0 atom stereocenters. The molecule has 1 aromatic rings. The molecule has 1 amide bonds. The molecule has 22 heavy (non-hydrogen) atoms. The van der Waals surface area contributed by atoms with Gasteiger partial charge in [-0.25, -0.2) is 18.4 Å². The van der Waals surface area contributed by atoms with Gasteiger partial charge in [0.2, 0.25) is 5.82 Å². The summed E-state index contributed by atoms with van der Waals surface area (Å²) < 4.78 is 30.7. The van der Waals surface area contributed by atoms with Crippen LogP contribution in [0.25, 0.3) is 0 Å². The van der Waals surface area contributed by atoms with Crippen LogP contribution in [0.15, 0.2) is 26.1 Å². The molecule has 1 fully saturated rings. The number of rotatable bonds is 2. The first-order valence-electron chi connectivity index (χ1n) is 6.74. The van der Waals surface area contributed by atoms with Gasteiger partial charge in [0.25, 0.3) is 6.43 Å². The topological polar surface area (TPSA) is 92.7 Å². The van der Waals surface area contributed by atoms with Crippen molar-refractivity contribution in [1.82, 2.24) is 19.9 Å². The fraction of sp³-hybridized carbons (Fsp3) is 0.500. The quantitative estimate of drug-likeness (QED) is 0.853. The number of halogens is 2. The predicted octanol–water partition coefficient (Wildman–Crippen LogP) is 0.399. The molecule has 8 nitrogen and oxygen atoms in total. The molecule has 2 aliphatic rings. The number of alkyl halides is 2. The van der Waals surface area contributed by atoms with Crippen LogP contribution in [0.2, 0.25) is 0 Å². The van der Waals surface area contributed by atoms with Crippen LogP contribution in [0.5, 0.6) is 0 Å². The summed E-state index contributed by atoms with van der Waals surface area (Å²) in [6.07, 6.45) is 0.0361. The number of aromatic nitrogens is 2. The Morgan fingerprint density at radius 2 is 2.09 bits per heavy atom. The average Bonchev–Trinajstić information content (AvgIpc) is 3.16. The number of carbonyl (C=O) groups is 1. The van der Waals surface area contributed by atoms with Gasteiger partial charge in [-0.3, -0.25) is 9.52 Å². The lowest BCUT2D eigenvalue weighted by molar-refractivity contribution is 0.180. The van der Waals surface area contributed by atoms with Crippen LogP contribution in [-0.4, -0.2) is 52.6 Å². The van der Waals surface area contributed by atoms with Crippen LogP contribution in [0.3, 0.4) is 0 Å². The van der Waals surface area contributed by atoms with E-state index < -0.39 is 18.2 Å². The molecule has 0 unspecified atom stereocenters. The van der Waals surface area contributed by atoms with Gasteiger partial charge in [0.05, 0.1) is 5.70 Å². The minimum Gasteiger partial charge on any atom is -0.365 e. The van der Waals surface area contributed by atoms with Crippen molar-refractivity contribution >= 4 is 11.7 Å². The van der Waals surface area contributed by atoms with Gasteiger partial charge < -0.3 is 10.2 Å². The highest BCUT2D eigenvalue weighted by molar-refractivity contribution is 6.08. The number of allylic oxidation sites excluding steroid dienone is 2. The summed E-state index contributed by atoms with van der Waals surface area (Å²) in [5, 5.41) is 5.92. The van der Waals surface area contributed by atoms with E-state index in [0.717, 1.165) is 23.5 Å². The minimum absolute atomic E-state index is 0.00690. The van der Waals surface area contributed by atoms with Crippen molar-refractivity contribution in [2.45, 2.75) is 19.3 Å². The van der Waals surface area contributed by atoms with Crippen LogP contribution >= 0.6 is 0 Å². The molecule has 0 bridgehead atoms. The summed E-state index contributed by atoms with van der Waals surface area (Å²) in [7, 11) is 0. The molecule has 3 heterocycles. The lowest BCUT2D eigenvalue weighted by Gasteiger charge is -2.17. The van der Waals surface area contributed by atoms with Crippen molar-refractivity contribution in [3.8, 4) is 0 Å². The molecule has 0 saturated carbocycles. The van der Waals surface area contributed by atoms with E-state index in [0.29, 0.717) is 13.1 Å². The Morgan fingerprint density at radius 1 is 1.36 bits per heavy atom. The average molecular weight is 313 g/mol. The summed E-state index contributed by atoms with van der Waals surface area (Å²) in [6, 6.07) is -0.577. The molecule has 0 radical (unpaired) electrons. The Kier molecular flexibility index (Phi) is 3.73. The normalized spacial score (nSPS) is 18.2. The van der Waals surface area contributed by atoms with E-state index in [4.69, 9.17) is 0 Å². The summed E-state index contributed by atoms with van der Waals surface area (Å²) in [5.74, 6) is -1.12. The summed E-state index contributed by atoms with van der Waals surface area (Å²) in [5.41, 5.74) is -0.340. The Morgan fingerprint density at radius 3 is 2.77 bits per heavy atom. The Labute approximate surface area is 123 Å². The molecule has 0 aromatic carbocycles. The van der Waals surface area contributed by atoms with Gasteiger partial charge in [-0.1, -0.05) is 5.16 Å². The molecule has 2 aliphatic heterocycles. The zero-order valence-electron chi connectivity index (χ0n) is 11.5. The van der Waals surface area contributed by atoms with Gasteiger partial charge in [-0.05, 0) is 18.9 Å². The molecule has 1 aromatic heterocycles. The molecular formula is C12H13F2N5O3. The first-order valence-corrected chi connectivity index (χ1v) is 6.74. The summed E-state index contributed by atoms with van der Waals surface area (Å²) in [6.45, 7) is 0.967. The van der Waals surface area contributed by atoms with Crippen LogP contribution < -0.4 is 11.1 Å². The number of amides is 1. The van der Waals surface area contributed by atoms with Gasteiger partial charge in [0.15, 0.2) is 0 Å². The molecule has 3 rings (SSSR count). The molecule has 10 heteroatoms. The fourth-order valence-electron chi connectivity index (χ4n) is 2.37. The molecule has 0 spiro atoms. The van der Waals surface area contributed by atoms with Crippen molar-refractivity contribution in [2.24, 2.45) is 4.99 Å². The van der Waals surface area contributed by atoms with Gasteiger partial charge in [-0.2, -0.15) is 4.57 Å². The van der Waals surface area contributed by atoms with Crippen LogP contribution in [-0.2, 0) is 0 Å². The minimum atomic E-state index is -2.72. The van der Waals surface area contributed by atoms with E-state index in [1.54, 1.807) is 0 Å². The predicted molar refractivity (Wildman–Crippen MR) is 71.0 cm³/mol. The van der Waals surface area contributed by atoms with Gasteiger partial charge in [0.1, 0.15) is 12.4 Å². The van der Waals surface area contributed by atoms with Crippen LogP contribution in [0.4, 0.5) is 13.6 Å². The lowest BCUT2D eigenvalue weighted by atomic mass is 10.2. The highest BCUT2D eigenvalue weighted by atomic mass is 19.3. The molecule has 1 saturated heterocycles. The number of likely N-dealkylation sites (tertiary alicyclic amines) is 1. The molecule has 118 valence electrons. The maximum atomic E-state index is 12.7. The third-order valence-corrected chi connectivity index (χ3v) is 3.46. The second-order valence-electron chi connectivity index (χ2n) is 4.86. The number of carbonyl (C=O) groups excluding carboxylic acids is 1. The maximum Gasteiger partial charge on any atom is 0.450 e. The Bertz CT molecular complexity index is 700. The highest BCUT2D eigenvalue weighted by Crippen LogP contribution is 2.13. The number of nitrogens with zero attached hydrogens (tertiary/aromatic N) is 4. The molecule has 1 N–H and O–H groups in total. The van der Waals surface area contributed by atoms with Crippen molar-refractivity contribution in [2.75, 3.05) is 19.8 Å². The van der Waals surface area contributed by atoms with Crippen molar-refractivity contribution in [1.29, 1.82) is 0 Å². The third-order valence-electron chi connectivity index (χ3n) is 3.46. The lowest BCUT2D eigenvalue weighted by Crippen LogP contribution is -2.39. The number of hydrogen-bond acceptors (Lipinski definition) is 6. The SMILES string of the molecule is O=C(N1CCCC1)n1c(C2=NCNC(C(F)F)=C2)noc1=O. The van der Waals surface area contributed by atoms with Gasteiger partial charge in [-0.15, -0.1) is 0 Å². The maximum absolute atomic E-state index is 12.7. The van der Waals surface area contributed by atoms with E-state index >= 15 is 0 Å². The smallest absolute Gasteiger partial charge is 0.365 e. The summed E-state index contributed by atoms with van der Waals surface area (Å²) in [4.78, 5) is 29.5. The highest BCUT2D eigenvalue weighted by Gasteiger charge is 2.28. The zero-order chi connectivity index (χ0) is 15.7. The zero-order valence-corrected chi connectivity index (χ0v) is 11.5. The standard InChI is InChI=1S/C12H13F2N5O3/c13-9(14)7-5-8(16-6-15-7)10-17-22-12(21)19(10)11(20)18-3-1-2-4-18/h5,9,15H,1-4,6H2. The van der Waals surface area contributed by atoms with Crippen molar-refractivity contribution in [3.63, 3.8) is 0 Å². The van der Waals surface area contributed by atoms with Crippen molar-refractivity contribution < 1.29 is 18.1 Å². The number of hydrogen-bond donors (Lipinski definition) is 1. The van der Waals surface area contributed by atoms with Crippen LogP contribution in [0.1, 0.15) is 18.7 Å². The first-order chi connectivity index (χ1) is 10.6. The van der Waals surface area contributed by atoms with Gasteiger partial charge >= 0.3 is 11.8 Å². The first kappa shape index (κ1) is 14.4. The van der Waals surface area contributed by atoms with E-state index in [2.05, 4.69) is 20.0 Å². The van der Waals surface area contributed by atoms with E-state index in [1.807, 2.05) is 0 Å². The Hall–Kier alpha value is -2.52. The van der Waals surface area contributed by atoms with E-state index in [1.165, 1.54) is 4.90 Å².